The van der Waals surface area contributed by atoms with Crippen molar-refractivity contribution >= 4 is 11.9 Å². The zero-order chi connectivity index (χ0) is 19.1. The largest absolute Gasteiger partial charge is 0.478 e. The van der Waals surface area contributed by atoms with E-state index in [1.807, 2.05) is 43.3 Å². The van der Waals surface area contributed by atoms with Crippen LogP contribution in [0.2, 0.25) is 0 Å². The monoisotopic (exact) mass is 374 g/mol. The maximum absolute atomic E-state index is 12.8. The Morgan fingerprint density at radius 3 is 2.89 bits per heavy atom. The lowest BCUT2D eigenvalue weighted by Crippen LogP contribution is -2.32. The fourth-order valence-electron chi connectivity index (χ4n) is 3.49. The Hall–Kier alpha value is -3.38. The van der Waals surface area contributed by atoms with E-state index in [-0.39, 0.29) is 11.5 Å². The van der Waals surface area contributed by atoms with Gasteiger partial charge in [-0.3, -0.25) is 14.7 Å². The number of furan rings is 1. The van der Waals surface area contributed by atoms with Gasteiger partial charge in [-0.2, -0.15) is 0 Å². The van der Waals surface area contributed by atoms with Crippen LogP contribution in [0.15, 0.2) is 58.8 Å². The molecule has 0 N–H and O–H groups in total. The van der Waals surface area contributed by atoms with Crippen LogP contribution in [0, 0.1) is 6.92 Å². The number of benzene rings is 1. The van der Waals surface area contributed by atoms with Gasteiger partial charge in [0, 0.05) is 25.4 Å². The molecular weight excluding hydrogens is 356 g/mol. The number of hydrogen-bond acceptors (Lipinski definition) is 6. The second-order valence-corrected chi connectivity index (χ2v) is 6.89. The minimum atomic E-state index is -0.145. The molecule has 0 atom stereocenters. The van der Waals surface area contributed by atoms with Crippen LogP contribution in [0.3, 0.4) is 0 Å². The Morgan fingerprint density at radius 1 is 1.18 bits per heavy atom. The highest BCUT2D eigenvalue weighted by Crippen LogP contribution is 2.42. The molecule has 2 aliphatic rings. The van der Waals surface area contributed by atoms with Crippen LogP contribution in [-0.4, -0.2) is 22.4 Å². The molecule has 1 aromatic carbocycles. The van der Waals surface area contributed by atoms with Crippen LogP contribution in [0.4, 0.5) is 0 Å². The molecule has 6 nitrogen and oxygen atoms in total. The van der Waals surface area contributed by atoms with Crippen LogP contribution in [0.25, 0.3) is 6.08 Å². The highest BCUT2D eigenvalue weighted by Gasteiger charge is 2.33. The summed E-state index contributed by atoms with van der Waals surface area (Å²) in [7, 11) is 0. The summed E-state index contributed by atoms with van der Waals surface area (Å²) in [5, 5.41) is 0. The number of ether oxygens (including phenoxy) is 2. The van der Waals surface area contributed by atoms with E-state index in [9.17, 15) is 4.79 Å². The summed E-state index contributed by atoms with van der Waals surface area (Å²) < 4.78 is 17.4. The number of ketones is 1. The molecule has 0 bridgehead atoms. The van der Waals surface area contributed by atoms with E-state index in [0.29, 0.717) is 36.9 Å². The molecule has 2 aromatic heterocycles. The van der Waals surface area contributed by atoms with Gasteiger partial charge in [-0.05, 0) is 43.3 Å². The molecule has 0 saturated heterocycles. The number of carbonyl (C=O) groups excluding carboxylic acids is 1. The molecule has 0 radical (unpaired) electrons. The van der Waals surface area contributed by atoms with E-state index in [1.165, 1.54) is 0 Å². The number of aromatic nitrogens is 1. The zero-order valence-electron chi connectivity index (χ0n) is 15.3. The van der Waals surface area contributed by atoms with Gasteiger partial charge in [0.05, 0.1) is 16.8 Å². The summed E-state index contributed by atoms with van der Waals surface area (Å²) in [5.41, 5.74) is 2.40. The minimum Gasteiger partial charge on any atom is -0.478 e. The number of Topliss-reactive ketones (excluding diaryl/α,β-unsaturated/α-hetero) is 1. The molecule has 140 valence electrons. The molecule has 0 unspecified atom stereocenters. The first-order chi connectivity index (χ1) is 13.7. The normalized spacial score (nSPS) is 17.2. The van der Waals surface area contributed by atoms with Crippen LogP contribution >= 0.6 is 0 Å². The van der Waals surface area contributed by atoms with Crippen molar-refractivity contribution in [2.75, 3.05) is 6.73 Å². The summed E-state index contributed by atoms with van der Waals surface area (Å²) in [4.78, 5) is 19.3. The van der Waals surface area contributed by atoms with E-state index < -0.39 is 0 Å². The molecule has 0 saturated carbocycles. The first-order valence-corrected chi connectivity index (χ1v) is 9.09. The number of rotatable bonds is 3. The number of fused-ring (bicyclic) bond motifs is 3. The third kappa shape index (κ3) is 2.97. The Balaban J connectivity index is 1.43. The van der Waals surface area contributed by atoms with E-state index in [2.05, 4.69) is 9.88 Å². The highest BCUT2D eigenvalue weighted by molar-refractivity contribution is 6.14. The van der Waals surface area contributed by atoms with Gasteiger partial charge < -0.3 is 13.9 Å². The van der Waals surface area contributed by atoms with Gasteiger partial charge in [0.25, 0.3) is 0 Å². The van der Waals surface area contributed by atoms with Crippen molar-refractivity contribution < 1.29 is 18.7 Å². The van der Waals surface area contributed by atoms with Gasteiger partial charge in [0.2, 0.25) is 5.78 Å². The first-order valence-electron chi connectivity index (χ1n) is 9.09. The Bertz CT molecular complexity index is 1090. The van der Waals surface area contributed by atoms with Crippen LogP contribution in [0.5, 0.6) is 11.5 Å². The van der Waals surface area contributed by atoms with Crippen molar-refractivity contribution in [2.24, 2.45) is 0 Å². The maximum atomic E-state index is 12.8. The van der Waals surface area contributed by atoms with Crippen molar-refractivity contribution in [1.82, 2.24) is 9.88 Å². The van der Waals surface area contributed by atoms with Crippen molar-refractivity contribution in [3.63, 3.8) is 0 Å². The third-order valence-corrected chi connectivity index (χ3v) is 4.83. The number of nitrogens with zero attached hydrogens (tertiary/aromatic N) is 2. The van der Waals surface area contributed by atoms with E-state index >= 15 is 0 Å². The van der Waals surface area contributed by atoms with Crippen molar-refractivity contribution in [3.8, 4) is 11.5 Å². The van der Waals surface area contributed by atoms with Crippen LogP contribution in [-0.2, 0) is 13.1 Å². The van der Waals surface area contributed by atoms with Gasteiger partial charge in [-0.15, -0.1) is 0 Å². The fraction of sp³-hybridized carbons (Fsp3) is 0.182. The molecule has 5 rings (SSSR count). The number of carbonyl (C=O) groups is 1. The smallest absolute Gasteiger partial charge is 0.232 e. The lowest BCUT2D eigenvalue weighted by Gasteiger charge is -2.29. The van der Waals surface area contributed by atoms with Crippen molar-refractivity contribution in [2.45, 2.75) is 20.0 Å². The summed E-state index contributed by atoms with van der Waals surface area (Å²) >= 11 is 0. The standard InChI is InChI=1S/C22H18N2O4/c1-14-5-6-16(27-14)10-20-21(25)17-7-8-19-18(22(17)28-20)12-24(13-26-19)11-15-4-2-3-9-23-15/h2-10H,11-13H2,1H3/b20-10-. The molecule has 0 spiro atoms. The third-order valence-electron chi connectivity index (χ3n) is 4.83. The number of hydrogen-bond donors (Lipinski definition) is 0. The van der Waals surface area contributed by atoms with Gasteiger partial charge >= 0.3 is 0 Å². The summed E-state index contributed by atoms with van der Waals surface area (Å²) in [5.74, 6) is 2.82. The Kier molecular flexibility index (Phi) is 3.98. The molecule has 2 aliphatic heterocycles. The van der Waals surface area contributed by atoms with E-state index in [1.54, 1.807) is 18.3 Å². The molecule has 0 fully saturated rings. The summed E-state index contributed by atoms with van der Waals surface area (Å²) in [6.45, 7) is 3.60. The lowest BCUT2D eigenvalue weighted by atomic mass is 10.0. The Labute approximate surface area is 162 Å². The number of aryl methyl sites for hydroxylation is 1. The molecule has 28 heavy (non-hydrogen) atoms. The van der Waals surface area contributed by atoms with E-state index in [4.69, 9.17) is 13.9 Å². The Morgan fingerprint density at radius 2 is 2.11 bits per heavy atom. The zero-order valence-corrected chi connectivity index (χ0v) is 15.3. The van der Waals surface area contributed by atoms with E-state index in [0.717, 1.165) is 22.8 Å². The van der Waals surface area contributed by atoms with Gasteiger partial charge in [-0.25, -0.2) is 0 Å². The molecule has 0 aliphatic carbocycles. The topological polar surface area (TPSA) is 64.8 Å². The molecular formula is C22H18N2O4. The lowest BCUT2D eigenvalue weighted by molar-refractivity contribution is 0.0861. The SMILES string of the molecule is Cc1ccc(/C=C2\Oc3c(ccc4c3CN(Cc3ccccn3)CO4)C2=O)o1. The van der Waals surface area contributed by atoms with Gasteiger partial charge in [-0.1, -0.05) is 6.07 Å². The van der Waals surface area contributed by atoms with Crippen LogP contribution in [0.1, 0.15) is 33.1 Å². The quantitative estimate of drug-likeness (QED) is 0.647. The highest BCUT2D eigenvalue weighted by atomic mass is 16.5. The predicted molar refractivity (Wildman–Crippen MR) is 102 cm³/mol. The molecule has 0 amide bonds. The minimum absolute atomic E-state index is 0.145. The predicted octanol–water partition coefficient (Wildman–Crippen LogP) is 3.95. The van der Waals surface area contributed by atoms with Gasteiger partial charge in [0.15, 0.2) is 5.76 Å². The number of allylic oxidation sites excluding steroid dienone is 1. The fourth-order valence-corrected chi connectivity index (χ4v) is 3.49. The molecule has 3 aromatic rings. The average Bonchev–Trinajstić information content (AvgIpc) is 3.26. The maximum Gasteiger partial charge on any atom is 0.232 e. The molecule has 4 heterocycles. The first kappa shape index (κ1) is 16.8. The summed E-state index contributed by atoms with van der Waals surface area (Å²) in [6, 6.07) is 13.1. The van der Waals surface area contributed by atoms with Crippen LogP contribution < -0.4 is 9.47 Å². The molecule has 6 heteroatoms. The average molecular weight is 374 g/mol. The number of pyridine rings is 1. The second-order valence-electron chi connectivity index (χ2n) is 6.89. The van der Waals surface area contributed by atoms with Crippen molar-refractivity contribution in [1.29, 1.82) is 0 Å². The van der Waals surface area contributed by atoms with Crippen molar-refractivity contribution in [3.05, 3.63) is 82.8 Å². The summed E-state index contributed by atoms with van der Waals surface area (Å²) in [6.07, 6.45) is 3.41. The van der Waals surface area contributed by atoms with Gasteiger partial charge in [0.1, 0.15) is 29.8 Å². The second kappa shape index (κ2) is 6.65.